The van der Waals surface area contributed by atoms with Gasteiger partial charge in [-0.2, -0.15) is 5.10 Å². The summed E-state index contributed by atoms with van der Waals surface area (Å²) < 4.78 is 6.42. The van der Waals surface area contributed by atoms with Crippen LogP contribution >= 0.6 is 22.9 Å². The quantitative estimate of drug-likeness (QED) is 0.498. The summed E-state index contributed by atoms with van der Waals surface area (Å²) >= 11 is 7.43. The fraction of sp³-hybridized carbons (Fsp3) is 0.304. The highest BCUT2D eigenvalue weighted by molar-refractivity contribution is 7.17. The van der Waals surface area contributed by atoms with Gasteiger partial charge in [0.05, 0.1) is 17.9 Å². The lowest BCUT2D eigenvalue weighted by molar-refractivity contribution is 0.0937. The van der Waals surface area contributed by atoms with Crippen molar-refractivity contribution in [3.8, 4) is 5.69 Å². The summed E-state index contributed by atoms with van der Waals surface area (Å²) in [6.07, 6.45) is 5.14. The Balaban J connectivity index is 1.65. The number of benzene rings is 1. The first-order valence-corrected chi connectivity index (χ1v) is 11.8. The highest BCUT2D eigenvalue weighted by Crippen LogP contribution is 2.38. The van der Waals surface area contributed by atoms with Gasteiger partial charge < -0.3 is 15.4 Å². The van der Waals surface area contributed by atoms with Gasteiger partial charge in [0.1, 0.15) is 5.00 Å². The first-order chi connectivity index (χ1) is 16.0. The number of nitrogens with zero attached hydrogens (tertiary/aromatic N) is 2. The van der Waals surface area contributed by atoms with E-state index in [0.717, 1.165) is 36.1 Å². The van der Waals surface area contributed by atoms with Gasteiger partial charge in [0.25, 0.3) is 11.8 Å². The van der Waals surface area contributed by atoms with E-state index in [1.807, 2.05) is 0 Å². The number of aromatic nitrogens is 2. The van der Waals surface area contributed by atoms with Crippen molar-refractivity contribution in [3.63, 3.8) is 0 Å². The van der Waals surface area contributed by atoms with E-state index >= 15 is 0 Å². The number of fused-ring (bicyclic) bond motifs is 1. The maximum Gasteiger partial charge on any atom is 0.280 e. The zero-order valence-corrected chi connectivity index (χ0v) is 19.6. The number of carbonyl (C=O) groups excluding carboxylic acids is 2. The van der Waals surface area contributed by atoms with Crippen LogP contribution in [0.15, 0.2) is 41.3 Å². The van der Waals surface area contributed by atoms with Gasteiger partial charge in [-0.05, 0) is 49.4 Å². The second kappa shape index (κ2) is 10.3. The number of methoxy groups -OCH3 is 1. The SMILES string of the molecule is COCCNC(=O)c1c(NC(=O)c2nn(-c3cccc(Cl)c3)ccc2=O)sc2c1CCCC2. The second-order valence-corrected chi connectivity index (χ2v) is 9.11. The standard InChI is InChI=1S/C23H23ClN4O4S/c1-32-12-10-25-21(30)19-16-7-2-3-8-18(16)33-23(19)26-22(31)20-17(29)9-11-28(27-20)15-6-4-5-14(24)13-15/h4-6,9,11,13H,2-3,7-8,10,12H2,1H3,(H,25,30)(H,26,31). The second-order valence-electron chi connectivity index (χ2n) is 7.57. The van der Waals surface area contributed by atoms with E-state index in [-0.39, 0.29) is 11.6 Å². The third-order valence-electron chi connectivity index (χ3n) is 5.31. The molecule has 1 aliphatic rings. The van der Waals surface area contributed by atoms with Crippen LogP contribution in [0.2, 0.25) is 5.02 Å². The Labute approximate surface area is 199 Å². The summed E-state index contributed by atoms with van der Waals surface area (Å²) in [5.74, 6) is -0.931. The molecule has 0 unspecified atom stereocenters. The molecule has 0 bridgehead atoms. The average molecular weight is 487 g/mol. The minimum absolute atomic E-state index is 0.265. The van der Waals surface area contributed by atoms with Crippen LogP contribution in [-0.4, -0.2) is 41.9 Å². The molecule has 0 saturated heterocycles. The highest BCUT2D eigenvalue weighted by Gasteiger charge is 2.27. The topological polar surface area (TPSA) is 102 Å². The first kappa shape index (κ1) is 23.2. The van der Waals surface area contributed by atoms with Crippen LogP contribution in [0.3, 0.4) is 0 Å². The zero-order chi connectivity index (χ0) is 23.4. The molecule has 0 fully saturated rings. The smallest absolute Gasteiger partial charge is 0.280 e. The van der Waals surface area contributed by atoms with Gasteiger partial charge in [0.15, 0.2) is 5.69 Å². The normalized spacial score (nSPS) is 12.8. The molecule has 2 aromatic heterocycles. The molecule has 0 radical (unpaired) electrons. The molecule has 1 aromatic carbocycles. The molecule has 3 aromatic rings. The number of rotatable bonds is 7. The predicted octanol–water partition coefficient (Wildman–Crippen LogP) is 3.45. The molecule has 8 nitrogen and oxygen atoms in total. The number of hydrogen-bond acceptors (Lipinski definition) is 6. The van der Waals surface area contributed by atoms with Gasteiger partial charge >= 0.3 is 0 Å². The Morgan fingerprint density at radius 2 is 2.03 bits per heavy atom. The Morgan fingerprint density at radius 1 is 1.21 bits per heavy atom. The van der Waals surface area contributed by atoms with Crippen molar-refractivity contribution < 1.29 is 14.3 Å². The Hall–Kier alpha value is -3.01. The largest absolute Gasteiger partial charge is 0.383 e. The van der Waals surface area contributed by atoms with Gasteiger partial charge in [0, 0.05) is 35.8 Å². The molecule has 2 amide bonds. The van der Waals surface area contributed by atoms with Crippen molar-refractivity contribution in [1.29, 1.82) is 0 Å². The van der Waals surface area contributed by atoms with E-state index in [9.17, 15) is 14.4 Å². The molecule has 0 atom stereocenters. The van der Waals surface area contributed by atoms with Gasteiger partial charge in [-0.1, -0.05) is 17.7 Å². The molecule has 10 heteroatoms. The van der Waals surface area contributed by atoms with Crippen LogP contribution in [0.4, 0.5) is 5.00 Å². The molecule has 1 aliphatic carbocycles. The Morgan fingerprint density at radius 3 is 2.82 bits per heavy atom. The van der Waals surface area contributed by atoms with Gasteiger partial charge in [-0.25, -0.2) is 4.68 Å². The highest BCUT2D eigenvalue weighted by atomic mass is 35.5. The van der Waals surface area contributed by atoms with Crippen molar-refractivity contribution in [2.45, 2.75) is 25.7 Å². The van der Waals surface area contributed by atoms with Crippen LogP contribution in [-0.2, 0) is 17.6 Å². The van der Waals surface area contributed by atoms with E-state index in [1.165, 1.54) is 28.3 Å². The monoisotopic (exact) mass is 486 g/mol. The van der Waals surface area contributed by atoms with Crippen LogP contribution in [0.1, 0.15) is 44.1 Å². The molecular formula is C23H23ClN4O4S. The van der Waals surface area contributed by atoms with Crippen molar-refractivity contribution in [2.75, 3.05) is 25.6 Å². The fourth-order valence-electron chi connectivity index (χ4n) is 3.74. The maximum atomic E-state index is 13.1. The lowest BCUT2D eigenvalue weighted by Crippen LogP contribution is -2.29. The zero-order valence-electron chi connectivity index (χ0n) is 18.0. The van der Waals surface area contributed by atoms with E-state index in [1.54, 1.807) is 31.4 Å². The summed E-state index contributed by atoms with van der Waals surface area (Å²) in [7, 11) is 1.56. The van der Waals surface area contributed by atoms with Crippen molar-refractivity contribution in [2.24, 2.45) is 0 Å². The number of halogens is 1. The Bertz CT molecular complexity index is 1250. The van der Waals surface area contributed by atoms with Crippen LogP contribution in [0, 0.1) is 0 Å². The number of nitrogens with one attached hydrogen (secondary N) is 2. The van der Waals surface area contributed by atoms with E-state index < -0.39 is 11.3 Å². The van der Waals surface area contributed by atoms with Gasteiger partial charge in [-0.15, -0.1) is 11.3 Å². The van der Waals surface area contributed by atoms with Crippen LogP contribution < -0.4 is 16.1 Å². The van der Waals surface area contributed by atoms with Crippen LogP contribution in [0.5, 0.6) is 0 Å². The molecule has 0 saturated carbocycles. The first-order valence-electron chi connectivity index (χ1n) is 10.6. The number of ether oxygens (including phenoxy) is 1. The number of thiophene rings is 1. The van der Waals surface area contributed by atoms with Crippen molar-refractivity contribution in [1.82, 2.24) is 15.1 Å². The van der Waals surface area contributed by atoms with E-state index in [0.29, 0.717) is 34.4 Å². The fourth-order valence-corrected chi connectivity index (χ4v) is 5.21. The van der Waals surface area contributed by atoms with Crippen molar-refractivity contribution in [3.05, 3.63) is 73.5 Å². The number of anilines is 1. The lowest BCUT2D eigenvalue weighted by atomic mass is 9.95. The average Bonchev–Trinajstić information content (AvgIpc) is 3.17. The molecule has 2 heterocycles. The maximum absolute atomic E-state index is 13.1. The molecule has 0 aliphatic heterocycles. The molecule has 4 rings (SSSR count). The van der Waals surface area contributed by atoms with E-state index in [4.69, 9.17) is 16.3 Å². The molecule has 0 spiro atoms. The number of carbonyl (C=O) groups is 2. The van der Waals surface area contributed by atoms with Gasteiger partial charge in [-0.3, -0.25) is 14.4 Å². The molecular weight excluding hydrogens is 464 g/mol. The summed E-state index contributed by atoms with van der Waals surface area (Å²) in [6, 6.07) is 8.19. The lowest BCUT2D eigenvalue weighted by Gasteiger charge is -2.13. The molecule has 172 valence electrons. The third-order valence-corrected chi connectivity index (χ3v) is 6.76. The van der Waals surface area contributed by atoms with E-state index in [2.05, 4.69) is 15.7 Å². The summed E-state index contributed by atoms with van der Waals surface area (Å²) in [4.78, 5) is 39.5. The van der Waals surface area contributed by atoms with Crippen molar-refractivity contribution >= 4 is 39.8 Å². The van der Waals surface area contributed by atoms with Gasteiger partial charge in [0.2, 0.25) is 5.43 Å². The summed E-state index contributed by atoms with van der Waals surface area (Å²) in [6.45, 7) is 0.745. The number of amides is 2. The minimum atomic E-state index is -0.666. The van der Waals surface area contributed by atoms with Crippen LogP contribution in [0.25, 0.3) is 5.69 Å². The molecule has 2 N–H and O–H groups in total. The molecule has 33 heavy (non-hydrogen) atoms. The minimum Gasteiger partial charge on any atom is -0.383 e. The third kappa shape index (κ3) is 5.16. The number of hydrogen-bond donors (Lipinski definition) is 2. The summed E-state index contributed by atoms with van der Waals surface area (Å²) in [5, 5.41) is 10.8. The number of aryl methyl sites for hydroxylation is 1. The Kier molecular flexibility index (Phi) is 7.22. The summed E-state index contributed by atoms with van der Waals surface area (Å²) in [5.41, 5.74) is 1.26. The predicted molar refractivity (Wildman–Crippen MR) is 128 cm³/mol.